The second-order valence-corrected chi connectivity index (χ2v) is 4.93. The lowest BCUT2D eigenvalue weighted by atomic mass is 10.1. The SMILES string of the molecule is CC(C)CCOCCn1nnc2c1CCNC2. The highest BCUT2D eigenvalue weighted by Crippen LogP contribution is 2.09. The molecular weight excluding hydrogens is 216 g/mol. The molecule has 0 spiro atoms. The Morgan fingerprint density at radius 2 is 2.29 bits per heavy atom. The summed E-state index contributed by atoms with van der Waals surface area (Å²) in [4.78, 5) is 0. The number of rotatable bonds is 6. The van der Waals surface area contributed by atoms with Crippen molar-refractivity contribution in [2.45, 2.75) is 39.8 Å². The maximum absolute atomic E-state index is 5.60. The van der Waals surface area contributed by atoms with Gasteiger partial charge < -0.3 is 10.1 Å². The van der Waals surface area contributed by atoms with Crippen molar-refractivity contribution in [1.82, 2.24) is 20.3 Å². The normalized spacial score (nSPS) is 15.2. The molecule has 0 fully saturated rings. The Bertz CT molecular complexity index is 348. The fourth-order valence-electron chi connectivity index (χ4n) is 1.94. The van der Waals surface area contributed by atoms with Crippen LogP contribution in [0.3, 0.4) is 0 Å². The first-order chi connectivity index (χ1) is 8.27. The summed E-state index contributed by atoms with van der Waals surface area (Å²) in [6, 6.07) is 0. The van der Waals surface area contributed by atoms with E-state index in [-0.39, 0.29) is 0 Å². The molecule has 0 amide bonds. The zero-order valence-corrected chi connectivity index (χ0v) is 10.8. The Kier molecular flexibility index (Phi) is 4.50. The van der Waals surface area contributed by atoms with E-state index in [1.54, 1.807) is 0 Å². The summed E-state index contributed by atoms with van der Waals surface area (Å²) in [6.07, 6.45) is 2.15. The lowest BCUT2D eigenvalue weighted by Crippen LogP contribution is -2.25. The molecule has 0 aromatic carbocycles. The first-order valence-electron chi connectivity index (χ1n) is 6.47. The van der Waals surface area contributed by atoms with E-state index in [0.717, 1.165) is 51.4 Å². The average Bonchev–Trinajstić information content (AvgIpc) is 2.72. The second kappa shape index (κ2) is 6.12. The summed E-state index contributed by atoms with van der Waals surface area (Å²) in [6.45, 7) is 8.69. The number of nitrogens with one attached hydrogen (secondary N) is 1. The molecule has 0 radical (unpaired) electrons. The summed E-state index contributed by atoms with van der Waals surface area (Å²) >= 11 is 0. The smallest absolute Gasteiger partial charge is 0.0997 e. The van der Waals surface area contributed by atoms with E-state index in [0.29, 0.717) is 5.92 Å². The van der Waals surface area contributed by atoms with Gasteiger partial charge in [0, 0.05) is 26.1 Å². The highest BCUT2D eigenvalue weighted by molar-refractivity contribution is 5.13. The van der Waals surface area contributed by atoms with Crippen LogP contribution in [0.4, 0.5) is 0 Å². The van der Waals surface area contributed by atoms with Crippen LogP contribution in [0.5, 0.6) is 0 Å². The van der Waals surface area contributed by atoms with Crippen molar-refractivity contribution in [1.29, 1.82) is 0 Å². The van der Waals surface area contributed by atoms with Crippen molar-refractivity contribution in [2.24, 2.45) is 5.92 Å². The lowest BCUT2D eigenvalue weighted by Gasteiger charge is -2.13. The van der Waals surface area contributed by atoms with E-state index in [1.165, 1.54) is 5.69 Å². The molecule has 0 atom stereocenters. The van der Waals surface area contributed by atoms with E-state index in [9.17, 15) is 0 Å². The minimum Gasteiger partial charge on any atom is -0.380 e. The summed E-state index contributed by atoms with van der Waals surface area (Å²) in [5.74, 6) is 0.709. The molecule has 5 heteroatoms. The Morgan fingerprint density at radius 3 is 3.12 bits per heavy atom. The number of ether oxygens (including phenoxy) is 1. The van der Waals surface area contributed by atoms with E-state index >= 15 is 0 Å². The molecule has 1 aromatic rings. The van der Waals surface area contributed by atoms with Gasteiger partial charge in [0.2, 0.25) is 0 Å². The van der Waals surface area contributed by atoms with Crippen molar-refractivity contribution in [3.8, 4) is 0 Å². The predicted octanol–water partition coefficient (Wildman–Crippen LogP) is 0.986. The maximum Gasteiger partial charge on any atom is 0.0997 e. The van der Waals surface area contributed by atoms with Gasteiger partial charge in [-0.2, -0.15) is 0 Å². The van der Waals surface area contributed by atoms with E-state index in [2.05, 4.69) is 29.5 Å². The summed E-state index contributed by atoms with van der Waals surface area (Å²) in [5.41, 5.74) is 2.37. The molecule has 0 bridgehead atoms. The van der Waals surface area contributed by atoms with E-state index in [1.807, 2.05) is 4.68 Å². The summed E-state index contributed by atoms with van der Waals surface area (Å²) < 4.78 is 7.60. The zero-order chi connectivity index (χ0) is 12.1. The third-order valence-electron chi connectivity index (χ3n) is 3.04. The van der Waals surface area contributed by atoms with Gasteiger partial charge in [-0.1, -0.05) is 19.1 Å². The van der Waals surface area contributed by atoms with Crippen LogP contribution >= 0.6 is 0 Å². The molecule has 0 aliphatic carbocycles. The summed E-state index contributed by atoms with van der Waals surface area (Å²) in [7, 11) is 0. The Labute approximate surface area is 103 Å². The molecule has 1 N–H and O–H groups in total. The van der Waals surface area contributed by atoms with Gasteiger partial charge >= 0.3 is 0 Å². The van der Waals surface area contributed by atoms with Gasteiger partial charge in [-0.25, -0.2) is 4.68 Å². The van der Waals surface area contributed by atoms with Crippen molar-refractivity contribution in [3.63, 3.8) is 0 Å². The largest absolute Gasteiger partial charge is 0.380 e. The molecule has 1 aliphatic heterocycles. The fraction of sp³-hybridized carbons (Fsp3) is 0.833. The van der Waals surface area contributed by atoms with Crippen LogP contribution in [0.2, 0.25) is 0 Å². The number of nitrogens with zero attached hydrogens (tertiary/aromatic N) is 3. The van der Waals surface area contributed by atoms with Crippen molar-refractivity contribution in [3.05, 3.63) is 11.4 Å². The van der Waals surface area contributed by atoms with Crippen LogP contribution in [-0.4, -0.2) is 34.8 Å². The topological polar surface area (TPSA) is 52.0 Å². The third-order valence-corrected chi connectivity index (χ3v) is 3.04. The number of aromatic nitrogens is 3. The minimum atomic E-state index is 0.709. The molecule has 17 heavy (non-hydrogen) atoms. The Hall–Kier alpha value is -0.940. The van der Waals surface area contributed by atoms with Crippen molar-refractivity contribution < 1.29 is 4.74 Å². The fourth-order valence-corrected chi connectivity index (χ4v) is 1.94. The van der Waals surface area contributed by atoms with Crippen LogP contribution in [0.25, 0.3) is 0 Å². The Morgan fingerprint density at radius 1 is 1.41 bits per heavy atom. The standard InChI is InChI=1S/C12H22N4O/c1-10(2)4-7-17-8-6-16-12-3-5-13-9-11(12)14-15-16/h10,13H,3-9H2,1-2H3. The molecule has 2 rings (SSSR count). The number of hydrogen-bond donors (Lipinski definition) is 1. The number of hydrogen-bond acceptors (Lipinski definition) is 4. The van der Waals surface area contributed by atoms with Crippen LogP contribution in [0, 0.1) is 5.92 Å². The van der Waals surface area contributed by atoms with E-state index in [4.69, 9.17) is 4.74 Å². The molecule has 0 saturated carbocycles. The van der Waals surface area contributed by atoms with E-state index < -0.39 is 0 Å². The molecule has 1 aromatic heterocycles. The van der Waals surface area contributed by atoms with Crippen LogP contribution in [0.15, 0.2) is 0 Å². The molecule has 1 aliphatic rings. The van der Waals surface area contributed by atoms with Crippen molar-refractivity contribution in [2.75, 3.05) is 19.8 Å². The molecule has 5 nitrogen and oxygen atoms in total. The van der Waals surface area contributed by atoms with Gasteiger partial charge in [-0.05, 0) is 12.3 Å². The van der Waals surface area contributed by atoms with Crippen LogP contribution in [0.1, 0.15) is 31.7 Å². The van der Waals surface area contributed by atoms with Gasteiger partial charge in [0.05, 0.1) is 24.5 Å². The first kappa shape index (κ1) is 12.5. The highest BCUT2D eigenvalue weighted by Gasteiger charge is 2.15. The molecule has 96 valence electrons. The predicted molar refractivity (Wildman–Crippen MR) is 65.7 cm³/mol. The molecule has 0 saturated heterocycles. The Balaban J connectivity index is 1.74. The quantitative estimate of drug-likeness (QED) is 0.751. The first-order valence-corrected chi connectivity index (χ1v) is 6.47. The highest BCUT2D eigenvalue weighted by atomic mass is 16.5. The lowest BCUT2D eigenvalue weighted by molar-refractivity contribution is 0.113. The van der Waals surface area contributed by atoms with Gasteiger partial charge in [-0.15, -0.1) is 5.10 Å². The average molecular weight is 238 g/mol. The zero-order valence-electron chi connectivity index (χ0n) is 10.8. The van der Waals surface area contributed by atoms with Crippen LogP contribution < -0.4 is 5.32 Å². The van der Waals surface area contributed by atoms with Gasteiger partial charge in [0.25, 0.3) is 0 Å². The number of fused-ring (bicyclic) bond motifs is 1. The molecule has 2 heterocycles. The second-order valence-electron chi connectivity index (χ2n) is 4.93. The van der Waals surface area contributed by atoms with Gasteiger partial charge in [0.15, 0.2) is 0 Å². The van der Waals surface area contributed by atoms with Crippen LogP contribution in [-0.2, 0) is 24.2 Å². The maximum atomic E-state index is 5.60. The molecular formula is C12H22N4O. The molecule has 0 unspecified atom stereocenters. The third kappa shape index (κ3) is 3.51. The monoisotopic (exact) mass is 238 g/mol. The van der Waals surface area contributed by atoms with Gasteiger partial charge in [-0.3, -0.25) is 0 Å². The minimum absolute atomic E-state index is 0.709. The summed E-state index contributed by atoms with van der Waals surface area (Å²) in [5, 5.41) is 11.7. The van der Waals surface area contributed by atoms with Crippen molar-refractivity contribution >= 4 is 0 Å². The van der Waals surface area contributed by atoms with Gasteiger partial charge in [0.1, 0.15) is 0 Å².